The molecule has 20 heavy (non-hydrogen) atoms. The maximum absolute atomic E-state index is 12.6. The summed E-state index contributed by atoms with van der Waals surface area (Å²) in [6.07, 6.45) is 0. The Morgan fingerprint density at radius 2 is 1.65 bits per heavy atom. The highest BCUT2D eigenvalue weighted by molar-refractivity contribution is 5.77. The minimum Gasteiger partial charge on any atom is -1.00 e. The van der Waals surface area contributed by atoms with Crippen LogP contribution < -0.4 is 23.7 Å². The van der Waals surface area contributed by atoms with Crippen LogP contribution in [0.25, 0.3) is 16.6 Å². The second-order valence-corrected chi connectivity index (χ2v) is 4.27. The molecule has 0 bridgehead atoms. The van der Waals surface area contributed by atoms with E-state index in [1.165, 1.54) is 0 Å². The van der Waals surface area contributed by atoms with Crippen LogP contribution in [0.3, 0.4) is 0 Å². The molecule has 102 valence electrons. The second kappa shape index (κ2) is 5.86. The summed E-state index contributed by atoms with van der Waals surface area (Å²) in [5, 5.41) is 0.628. The van der Waals surface area contributed by atoms with Crippen molar-refractivity contribution in [2.24, 2.45) is 0 Å². The smallest absolute Gasteiger partial charge is 0.266 e. The van der Waals surface area contributed by atoms with E-state index in [1.807, 2.05) is 48.5 Å². The normalized spacial score (nSPS) is 10.2. The first-order valence-electron chi connectivity index (χ1n) is 6.16. The molecular weight excluding hydrogens is 274 g/mol. The van der Waals surface area contributed by atoms with Gasteiger partial charge in [0.15, 0.2) is 5.82 Å². The number of para-hydroxylation sites is 2. The van der Waals surface area contributed by atoms with Gasteiger partial charge >= 0.3 is 0 Å². The maximum Gasteiger partial charge on any atom is 0.266 e. The Labute approximate surface area is 122 Å². The van der Waals surface area contributed by atoms with Crippen LogP contribution in [0.5, 0.6) is 0 Å². The van der Waals surface area contributed by atoms with Gasteiger partial charge in [-0.3, -0.25) is 9.36 Å². The number of benzene rings is 2. The molecule has 0 spiro atoms. The Balaban J connectivity index is 0.00000147. The number of aromatic nitrogens is 2. The minimum absolute atomic E-state index is 0. The molecule has 0 aliphatic carbocycles. The van der Waals surface area contributed by atoms with Gasteiger partial charge in [-0.25, -0.2) is 4.98 Å². The van der Waals surface area contributed by atoms with Crippen molar-refractivity contribution in [2.75, 3.05) is 0 Å². The standard InChI is InChI=1S/C15H13N3O.ClH/c16-10-14-17-13-9-5-4-8-12(13)15(19)18(14)11-6-2-1-3-7-11;/h1-9H,10,16H2;1H. The summed E-state index contributed by atoms with van der Waals surface area (Å²) in [5.41, 5.74) is 5.37. The molecule has 0 saturated heterocycles. The lowest BCUT2D eigenvalue weighted by atomic mass is 10.2. The molecular formula is C15H14ClN3O. The quantitative estimate of drug-likeness (QED) is 0.600. The molecule has 4 nitrogen and oxygen atoms in total. The highest BCUT2D eigenvalue weighted by atomic mass is 35.5. The first-order valence-corrected chi connectivity index (χ1v) is 6.16. The average molecular weight is 288 g/mol. The molecule has 1 heterocycles. The lowest BCUT2D eigenvalue weighted by Crippen LogP contribution is -3.00. The Morgan fingerprint density at radius 1 is 1.00 bits per heavy atom. The van der Waals surface area contributed by atoms with E-state index < -0.39 is 0 Å². The van der Waals surface area contributed by atoms with Crippen molar-refractivity contribution in [1.29, 1.82) is 0 Å². The van der Waals surface area contributed by atoms with Gasteiger partial charge < -0.3 is 18.1 Å². The number of halogens is 1. The van der Waals surface area contributed by atoms with Gasteiger partial charge in [0.25, 0.3) is 5.56 Å². The molecule has 5 heteroatoms. The molecule has 3 aromatic rings. The van der Waals surface area contributed by atoms with Gasteiger partial charge in [0.2, 0.25) is 0 Å². The molecule has 0 fully saturated rings. The van der Waals surface area contributed by atoms with E-state index >= 15 is 0 Å². The molecule has 0 aliphatic rings. The van der Waals surface area contributed by atoms with Crippen LogP contribution in [0.15, 0.2) is 59.4 Å². The topological polar surface area (TPSA) is 62.5 Å². The van der Waals surface area contributed by atoms with Gasteiger partial charge in [0.1, 0.15) is 6.54 Å². The summed E-state index contributed by atoms with van der Waals surface area (Å²) in [6, 6.07) is 16.9. The Bertz CT molecular complexity index is 784. The number of nitrogens with zero attached hydrogens (tertiary/aromatic N) is 2. The number of fused-ring (bicyclic) bond motifs is 1. The molecule has 2 aromatic carbocycles. The summed E-state index contributed by atoms with van der Waals surface area (Å²) >= 11 is 0. The molecule has 0 unspecified atom stereocenters. The van der Waals surface area contributed by atoms with Crippen molar-refractivity contribution in [2.45, 2.75) is 6.54 Å². The van der Waals surface area contributed by atoms with Crippen LogP contribution >= 0.6 is 0 Å². The zero-order chi connectivity index (χ0) is 13.2. The van der Waals surface area contributed by atoms with Crippen molar-refractivity contribution in [1.82, 2.24) is 9.55 Å². The Kier molecular flexibility index (Phi) is 4.17. The van der Waals surface area contributed by atoms with Gasteiger partial charge in [-0.05, 0) is 24.3 Å². The summed E-state index contributed by atoms with van der Waals surface area (Å²) in [6.45, 7) is 0.467. The van der Waals surface area contributed by atoms with E-state index in [0.29, 0.717) is 17.8 Å². The van der Waals surface area contributed by atoms with E-state index in [2.05, 4.69) is 10.7 Å². The van der Waals surface area contributed by atoms with Crippen molar-refractivity contribution >= 4 is 10.9 Å². The van der Waals surface area contributed by atoms with Gasteiger partial charge in [-0.1, -0.05) is 30.3 Å². The molecule has 3 N–H and O–H groups in total. The van der Waals surface area contributed by atoms with Gasteiger partial charge in [-0.2, -0.15) is 0 Å². The number of hydrogen-bond donors (Lipinski definition) is 1. The summed E-state index contributed by atoms with van der Waals surface area (Å²) in [4.78, 5) is 17.1. The lowest BCUT2D eigenvalue weighted by molar-refractivity contribution is -0.388. The van der Waals surface area contributed by atoms with E-state index in [1.54, 1.807) is 10.6 Å². The largest absolute Gasteiger partial charge is 1.00 e. The van der Waals surface area contributed by atoms with Crippen LogP contribution in [-0.4, -0.2) is 9.55 Å². The molecule has 1 aromatic heterocycles. The van der Waals surface area contributed by atoms with Gasteiger partial charge in [0.05, 0.1) is 16.6 Å². The predicted octanol–water partition coefficient (Wildman–Crippen LogP) is -1.87. The number of rotatable bonds is 2. The van der Waals surface area contributed by atoms with Crippen LogP contribution in [-0.2, 0) is 6.54 Å². The second-order valence-electron chi connectivity index (χ2n) is 4.27. The number of quaternary nitrogens is 1. The SMILES string of the molecule is [Cl-].[NH3+]Cc1nc2ccccc2c(=O)n1-c1ccccc1. The third-order valence-corrected chi connectivity index (χ3v) is 3.08. The highest BCUT2D eigenvalue weighted by Gasteiger charge is 2.11. The Morgan fingerprint density at radius 3 is 2.35 bits per heavy atom. The Hall–Kier alpha value is -2.17. The van der Waals surface area contributed by atoms with Crippen molar-refractivity contribution in [3.63, 3.8) is 0 Å². The number of hydrogen-bond acceptors (Lipinski definition) is 2. The van der Waals surface area contributed by atoms with Crippen molar-refractivity contribution in [3.05, 3.63) is 70.8 Å². The molecule has 0 atom stereocenters. The summed E-state index contributed by atoms with van der Waals surface area (Å²) < 4.78 is 1.63. The first-order chi connectivity index (χ1) is 9.31. The third-order valence-electron chi connectivity index (χ3n) is 3.08. The van der Waals surface area contributed by atoms with Gasteiger partial charge in [-0.15, -0.1) is 0 Å². The average Bonchev–Trinajstić information content (AvgIpc) is 2.48. The summed E-state index contributed by atoms with van der Waals surface area (Å²) in [7, 11) is 0. The maximum atomic E-state index is 12.6. The summed E-state index contributed by atoms with van der Waals surface area (Å²) in [5.74, 6) is 0.676. The van der Waals surface area contributed by atoms with Crippen molar-refractivity contribution in [3.8, 4) is 5.69 Å². The van der Waals surface area contributed by atoms with E-state index in [9.17, 15) is 4.79 Å². The highest BCUT2D eigenvalue weighted by Crippen LogP contribution is 2.12. The minimum atomic E-state index is -0.0459. The zero-order valence-electron chi connectivity index (χ0n) is 10.8. The van der Waals surface area contributed by atoms with Crippen LogP contribution in [0.2, 0.25) is 0 Å². The van der Waals surface area contributed by atoms with Crippen LogP contribution in [0.4, 0.5) is 0 Å². The third kappa shape index (κ3) is 2.31. The lowest BCUT2D eigenvalue weighted by Gasteiger charge is -2.10. The van der Waals surface area contributed by atoms with Crippen molar-refractivity contribution < 1.29 is 18.1 Å². The molecule has 3 rings (SSSR count). The van der Waals surface area contributed by atoms with E-state index in [0.717, 1.165) is 11.2 Å². The fourth-order valence-corrected chi connectivity index (χ4v) is 2.19. The predicted molar refractivity (Wildman–Crippen MR) is 73.9 cm³/mol. The fourth-order valence-electron chi connectivity index (χ4n) is 2.19. The zero-order valence-corrected chi connectivity index (χ0v) is 11.5. The fraction of sp³-hybridized carbons (Fsp3) is 0.0667. The molecule has 0 aliphatic heterocycles. The molecule has 0 radical (unpaired) electrons. The first kappa shape index (κ1) is 14.2. The van der Waals surface area contributed by atoms with E-state index in [4.69, 9.17) is 0 Å². The molecule has 0 amide bonds. The van der Waals surface area contributed by atoms with Crippen LogP contribution in [0, 0.1) is 0 Å². The monoisotopic (exact) mass is 287 g/mol. The van der Waals surface area contributed by atoms with Gasteiger partial charge in [0, 0.05) is 0 Å². The molecule has 0 saturated carbocycles. The van der Waals surface area contributed by atoms with E-state index in [-0.39, 0.29) is 18.0 Å². The van der Waals surface area contributed by atoms with Crippen LogP contribution in [0.1, 0.15) is 5.82 Å².